The van der Waals surface area contributed by atoms with Gasteiger partial charge in [-0.1, -0.05) is 197 Å². The summed E-state index contributed by atoms with van der Waals surface area (Å²) in [6.45, 7) is 1.67. The quantitative estimate of drug-likeness (QED) is 0.0206. The van der Waals surface area contributed by atoms with Crippen LogP contribution in [0.1, 0.15) is 219 Å². The van der Waals surface area contributed by atoms with Crippen molar-refractivity contribution < 1.29 is 89.4 Å². The molecule has 3 aliphatic rings. The van der Waals surface area contributed by atoms with Crippen molar-refractivity contribution in [2.75, 3.05) is 26.4 Å². The molecule has 0 aromatic carbocycles. The van der Waals surface area contributed by atoms with Crippen LogP contribution in [0.25, 0.3) is 0 Å². The number of aliphatic hydroxyl groups excluding tert-OH is 11. The summed E-state index contributed by atoms with van der Waals surface area (Å²) in [4.78, 5) is 13.4. The van der Waals surface area contributed by atoms with Gasteiger partial charge in [-0.2, -0.15) is 0 Å². The van der Waals surface area contributed by atoms with Gasteiger partial charge in [0.2, 0.25) is 5.91 Å². The number of nitrogens with one attached hydrogen (secondary N) is 1. The van der Waals surface area contributed by atoms with Gasteiger partial charge in [-0.25, -0.2) is 0 Å². The molecule has 0 spiro atoms. The van der Waals surface area contributed by atoms with Crippen molar-refractivity contribution in [2.24, 2.45) is 0 Å². The first-order valence-electron chi connectivity index (χ1n) is 33.0. The molecule has 17 unspecified atom stereocenters. The van der Waals surface area contributed by atoms with Gasteiger partial charge in [-0.3, -0.25) is 4.79 Å². The number of rotatable bonds is 49. The lowest BCUT2D eigenvalue weighted by Crippen LogP contribution is -2.66. The lowest BCUT2D eigenvalue weighted by atomic mass is 9.96. The van der Waals surface area contributed by atoms with E-state index in [0.29, 0.717) is 12.8 Å². The first-order chi connectivity index (χ1) is 41.3. The summed E-state index contributed by atoms with van der Waals surface area (Å²) in [5.74, 6) is -0.295. The van der Waals surface area contributed by atoms with Crippen LogP contribution in [0.15, 0.2) is 60.8 Å². The monoisotopic (exact) mass is 1210 g/mol. The molecule has 0 saturated carbocycles. The van der Waals surface area contributed by atoms with Crippen molar-refractivity contribution in [2.45, 2.75) is 324 Å². The molecule has 1 amide bonds. The van der Waals surface area contributed by atoms with Gasteiger partial charge < -0.3 is 89.9 Å². The summed E-state index contributed by atoms with van der Waals surface area (Å²) >= 11 is 0. The number of carbonyl (C=O) groups is 1. The maximum atomic E-state index is 13.4. The zero-order valence-corrected chi connectivity index (χ0v) is 51.8. The van der Waals surface area contributed by atoms with Gasteiger partial charge in [0.15, 0.2) is 18.9 Å². The van der Waals surface area contributed by atoms with Crippen LogP contribution in [-0.2, 0) is 33.2 Å². The molecule has 0 aromatic rings. The molecular formula is C66H117NO18. The molecule has 19 heteroatoms. The Balaban J connectivity index is 1.49. The van der Waals surface area contributed by atoms with Crippen molar-refractivity contribution in [3.05, 3.63) is 60.8 Å². The molecule has 3 saturated heterocycles. The Bertz CT molecular complexity index is 1780. The number of amides is 1. The van der Waals surface area contributed by atoms with Crippen LogP contribution in [0, 0.1) is 0 Å². The van der Waals surface area contributed by atoms with E-state index in [-0.39, 0.29) is 18.9 Å². The van der Waals surface area contributed by atoms with Crippen LogP contribution >= 0.6 is 0 Å². The normalized spacial score (nSPS) is 29.4. The molecule has 0 aliphatic carbocycles. The SMILES string of the molecule is CCCCC/C=C\C/C=C\CCCCCCCCCCCC(=O)NC(COC1OC(CO)C(OC2OC(CO)C(OC3OC(CO)C(O)C(O)C3O)C(O)C2O)C(O)C1O)C(O)/C=C/CC/C=C/CC/C=C/CCCCCCCCCCCCC. The van der Waals surface area contributed by atoms with E-state index in [0.717, 1.165) is 64.2 Å². The lowest BCUT2D eigenvalue weighted by molar-refractivity contribution is -0.379. The molecule has 85 heavy (non-hydrogen) atoms. The number of hydrogen-bond acceptors (Lipinski definition) is 18. The van der Waals surface area contributed by atoms with Crippen molar-refractivity contribution in [1.29, 1.82) is 0 Å². The number of ether oxygens (including phenoxy) is 6. The third kappa shape index (κ3) is 31.2. The minimum absolute atomic E-state index is 0.225. The van der Waals surface area contributed by atoms with Crippen LogP contribution in [0.2, 0.25) is 0 Å². The highest BCUT2D eigenvalue weighted by Crippen LogP contribution is 2.33. The third-order valence-corrected chi connectivity index (χ3v) is 16.3. The molecule has 3 aliphatic heterocycles. The van der Waals surface area contributed by atoms with Crippen LogP contribution in [-0.4, -0.2) is 193 Å². The fraction of sp³-hybridized carbons (Fsp3) is 0.833. The van der Waals surface area contributed by atoms with Gasteiger partial charge in [0.25, 0.3) is 0 Å². The number of carbonyl (C=O) groups excluding carboxylic acids is 1. The molecule has 0 radical (unpaired) electrons. The predicted octanol–water partition coefficient (Wildman–Crippen LogP) is 7.60. The zero-order chi connectivity index (χ0) is 61.9. The maximum Gasteiger partial charge on any atom is 0.220 e. The van der Waals surface area contributed by atoms with E-state index in [1.165, 1.54) is 122 Å². The van der Waals surface area contributed by atoms with Crippen LogP contribution in [0.3, 0.4) is 0 Å². The Morgan fingerprint density at radius 3 is 1.27 bits per heavy atom. The maximum absolute atomic E-state index is 13.4. The minimum Gasteiger partial charge on any atom is -0.394 e. The van der Waals surface area contributed by atoms with Gasteiger partial charge in [0, 0.05) is 6.42 Å². The largest absolute Gasteiger partial charge is 0.394 e. The van der Waals surface area contributed by atoms with Crippen molar-refractivity contribution >= 4 is 5.91 Å². The summed E-state index contributed by atoms with van der Waals surface area (Å²) in [5.41, 5.74) is 0. The molecule has 3 fully saturated rings. The Labute approximate surface area is 509 Å². The summed E-state index contributed by atoms with van der Waals surface area (Å²) < 4.78 is 34.3. The Hall–Kier alpha value is -2.51. The molecule has 0 bridgehead atoms. The standard InChI is InChI=1S/C66H117NO18/c1-3-5-7-9-11-13-15-17-19-21-23-24-26-27-29-31-33-35-37-39-41-43-50(71)49(67-54(72)44-42-40-38-36-34-32-30-28-25-22-20-18-16-14-12-10-8-6-4-2)48-80-64-60(78)57(75)62(52(46-69)82-64)85-66-61(79)58(76)63(53(47-70)83-66)84-65-59(77)56(74)55(73)51(45-68)81-65/h12,14,18,20,26-27,33,35,41,43,49-53,55-66,68-71,73-79H,3-11,13,15-17,19,21-25,28-32,34,36-40,42,44-48H2,1-2H3,(H,67,72)/b14-12-,20-18-,27-26+,35-33+,43-41+. The summed E-state index contributed by atoms with van der Waals surface area (Å²) in [5, 5.41) is 120. The van der Waals surface area contributed by atoms with Gasteiger partial charge in [0.05, 0.1) is 38.6 Å². The van der Waals surface area contributed by atoms with Gasteiger partial charge in [-0.15, -0.1) is 0 Å². The summed E-state index contributed by atoms with van der Waals surface area (Å²) in [7, 11) is 0. The van der Waals surface area contributed by atoms with E-state index in [1.54, 1.807) is 6.08 Å². The average Bonchev–Trinajstić information content (AvgIpc) is 3.10. The summed E-state index contributed by atoms with van der Waals surface area (Å²) in [6.07, 6.45) is 30.5. The minimum atomic E-state index is -1.98. The Kier molecular flexibility index (Phi) is 43.7. The van der Waals surface area contributed by atoms with Crippen LogP contribution < -0.4 is 5.32 Å². The molecule has 0 aromatic heterocycles. The van der Waals surface area contributed by atoms with E-state index in [4.69, 9.17) is 28.4 Å². The number of allylic oxidation sites excluding steroid dienone is 9. The second-order valence-corrected chi connectivity index (χ2v) is 23.6. The predicted molar refractivity (Wildman–Crippen MR) is 328 cm³/mol. The number of hydrogen-bond donors (Lipinski definition) is 12. The van der Waals surface area contributed by atoms with Crippen LogP contribution in [0.5, 0.6) is 0 Å². The van der Waals surface area contributed by atoms with Gasteiger partial charge in [-0.05, 0) is 77.0 Å². The summed E-state index contributed by atoms with van der Waals surface area (Å²) in [6, 6.07) is -1.00. The number of aliphatic hydroxyl groups is 11. The number of unbranched alkanes of at least 4 members (excludes halogenated alkanes) is 25. The van der Waals surface area contributed by atoms with E-state index in [9.17, 15) is 61.0 Å². The first-order valence-corrected chi connectivity index (χ1v) is 33.0. The molecule has 19 nitrogen and oxygen atoms in total. The average molecular weight is 1210 g/mol. The second kappa shape index (κ2) is 48.4. The Morgan fingerprint density at radius 2 is 0.788 bits per heavy atom. The molecule has 3 heterocycles. The zero-order valence-electron chi connectivity index (χ0n) is 51.8. The fourth-order valence-corrected chi connectivity index (χ4v) is 10.8. The fourth-order valence-electron chi connectivity index (χ4n) is 10.8. The molecule has 3 rings (SSSR count). The lowest BCUT2D eigenvalue weighted by Gasteiger charge is -2.48. The smallest absolute Gasteiger partial charge is 0.220 e. The highest BCUT2D eigenvalue weighted by atomic mass is 16.8. The van der Waals surface area contributed by atoms with Gasteiger partial charge in [0.1, 0.15) is 73.2 Å². The van der Waals surface area contributed by atoms with Gasteiger partial charge >= 0.3 is 0 Å². The highest BCUT2D eigenvalue weighted by molar-refractivity contribution is 5.76. The van der Waals surface area contributed by atoms with Crippen LogP contribution in [0.4, 0.5) is 0 Å². The van der Waals surface area contributed by atoms with E-state index in [1.807, 2.05) is 6.08 Å². The van der Waals surface area contributed by atoms with Crippen molar-refractivity contribution in [1.82, 2.24) is 5.32 Å². The molecule has 17 atom stereocenters. The Morgan fingerprint density at radius 1 is 0.424 bits per heavy atom. The topological polar surface area (TPSA) is 307 Å². The molecule has 494 valence electrons. The molecule has 12 N–H and O–H groups in total. The van der Waals surface area contributed by atoms with E-state index < -0.39 is 124 Å². The third-order valence-electron chi connectivity index (χ3n) is 16.3. The van der Waals surface area contributed by atoms with E-state index in [2.05, 4.69) is 67.8 Å². The molecular weight excluding hydrogens is 1090 g/mol. The van der Waals surface area contributed by atoms with Crippen molar-refractivity contribution in [3.63, 3.8) is 0 Å². The highest BCUT2D eigenvalue weighted by Gasteiger charge is 2.53. The second-order valence-electron chi connectivity index (χ2n) is 23.6. The van der Waals surface area contributed by atoms with Crippen molar-refractivity contribution in [3.8, 4) is 0 Å². The first kappa shape index (κ1) is 76.7. The van der Waals surface area contributed by atoms with E-state index >= 15 is 0 Å².